The maximum atomic E-state index is 11.4. The summed E-state index contributed by atoms with van der Waals surface area (Å²) in [5, 5.41) is 4.05. The van der Waals surface area contributed by atoms with Gasteiger partial charge in [0.2, 0.25) is 5.91 Å². The largest absolute Gasteiger partial charge is 0.273 e. The second-order valence-electron chi connectivity index (χ2n) is 3.95. The highest BCUT2D eigenvalue weighted by Crippen LogP contribution is 2.32. The van der Waals surface area contributed by atoms with E-state index in [1.807, 2.05) is 13.0 Å². The Morgan fingerprint density at radius 1 is 1.28 bits per heavy atom. The number of aryl methyl sites for hydroxylation is 1. The van der Waals surface area contributed by atoms with E-state index in [-0.39, 0.29) is 5.91 Å². The number of thiophene rings is 1. The van der Waals surface area contributed by atoms with E-state index in [9.17, 15) is 4.79 Å². The van der Waals surface area contributed by atoms with E-state index in [0.717, 1.165) is 26.5 Å². The summed E-state index contributed by atoms with van der Waals surface area (Å²) in [5.74, 6) is 0.657. The molecule has 0 saturated heterocycles. The molecule has 3 aromatic rings. The molecule has 0 N–H and O–H groups in total. The van der Waals surface area contributed by atoms with Crippen LogP contribution in [-0.2, 0) is 0 Å². The Kier molecular flexibility index (Phi) is 2.45. The Hall–Kier alpha value is -2.08. The maximum Gasteiger partial charge on any atom is 0.244 e. The number of nitrogens with zero attached hydrogens (tertiary/aromatic N) is 4. The van der Waals surface area contributed by atoms with Gasteiger partial charge in [-0.3, -0.25) is 4.79 Å². The van der Waals surface area contributed by atoms with E-state index >= 15 is 0 Å². The molecule has 18 heavy (non-hydrogen) atoms. The van der Waals surface area contributed by atoms with Crippen LogP contribution in [-0.4, -0.2) is 25.7 Å². The van der Waals surface area contributed by atoms with Crippen molar-refractivity contribution >= 4 is 27.5 Å². The smallest absolute Gasteiger partial charge is 0.244 e. The van der Waals surface area contributed by atoms with Gasteiger partial charge in [-0.1, -0.05) is 0 Å². The fourth-order valence-corrected chi connectivity index (χ4v) is 2.72. The third-order valence-corrected chi connectivity index (χ3v) is 3.73. The highest BCUT2D eigenvalue weighted by Gasteiger charge is 2.11. The molecule has 0 fully saturated rings. The average Bonchev–Trinajstić information content (AvgIpc) is 2.88. The molecule has 0 aliphatic rings. The summed E-state index contributed by atoms with van der Waals surface area (Å²) in [5.41, 5.74) is 1.79. The van der Waals surface area contributed by atoms with E-state index in [2.05, 4.69) is 15.1 Å². The van der Waals surface area contributed by atoms with Crippen LogP contribution in [0.15, 0.2) is 24.7 Å². The van der Waals surface area contributed by atoms with Gasteiger partial charge in [0, 0.05) is 29.8 Å². The average molecular weight is 258 g/mol. The lowest BCUT2D eigenvalue weighted by Crippen LogP contribution is -2.06. The Balaban J connectivity index is 2.13. The molecule has 0 radical (unpaired) electrons. The molecule has 0 amide bonds. The first kappa shape index (κ1) is 11.0. The molecule has 0 aliphatic carbocycles. The summed E-state index contributed by atoms with van der Waals surface area (Å²) >= 11 is 1.58. The van der Waals surface area contributed by atoms with Gasteiger partial charge in [0.05, 0.1) is 16.4 Å². The number of carbonyl (C=O) groups excluding carboxylic acids is 1. The molecule has 0 spiro atoms. The summed E-state index contributed by atoms with van der Waals surface area (Å²) in [6, 6.07) is 1.95. The highest BCUT2D eigenvalue weighted by atomic mass is 32.1. The van der Waals surface area contributed by atoms with Gasteiger partial charge in [-0.25, -0.2) is 9.97 Å². The minimum absolute atomic E-state index is 0.0884. The molecule has 0 aliphatic heterocycles. The first-order valence-corrected chi connectivity index (χ1v) is 6.24. The predicted molar refractivity (Wildman–Crippen MR) is 69.7 cm³/mol. The second-order valence-corrected chi connectivity index (χ2v) is 5.04. The lowest BCUT2D eigenvalue weighted by molar-refractivity contribution is 0.0927. The normalized spacial score (nSPS) is 11.0. The Morgan fingerprint density at radius 3 is 2.67 bits per heavy atom. The minimum atomic E-state index is -0.0884. The molecular weight excluding hydrogens is 248 g/mol. The Bertz CT molecular complexity index is 726. The summed E-state index contributed by atoms with van der Waals surface area (Å²) in [6.07, 6.45) is 5.29. The lowest BCUT2D eigenvalue weighted by Gasteiger charge is -1.96. The monoisotopic (exact) mass is 258 g/mol. The molecule has 0 bridgehead atoms. The zero-order valence-electron chi connectivity index (χ0n) is 9.91. The van der Waals surface area contributed by atoms with Crippen molar-refractivity contribution in [2.45, 2.75) is 13.8 Å². The standard InChI is InChI=1S/C12H10N4OS/c1-7-13-4-9(5-14-7)11-3-10-12(18-11)6-15-16(10)8(2)17/h3-6H,1-2H3. The maximum absolute atomic E-state index is 11.4. The highest BCUT2D eigenvalue weighted by molar-refractivity contribution is 7.22. The minimum Gasteiger partial charge on any atom is -0.273 e. The second kappa shape index (κ2) is 3.99. The molecule has 0 aromatic carbocycles. The van der Waals surface area contributed by atoms with Crippen molar-refractivity contribution in [2.24, 2.45) is 0 Å². The summed E-state index contributed by atoms with van der Waals surface area (Å²) in [7, 11) is 0. The van der Waals surface area contributed by atoms with Crippen molar-refractivity contribution in [3.05, 3.63) is 30.5 Å². The third kappa shape index (κ3) is 1.70. The number of rotatable bonds is 1. The van der Waals surface area contributed by atoms with E-state index in [1.165, 1.54) is 11.6 Å². The Morgan fingerprint density at radius 2 is 2.00 bits per heavy atom. The summed E-state index contributed by atoms with van der Waals surface area (Å²) < 4.78 is 2.39. The van der Waals surface area contributed by atoms with Crippen molar-refractivity contribution in [3.63, 3.8) is 0 Å². The SMILES string of the molecule is CC(=O)n1ncc2sc(-c3cnc(C)nc3)cc21. The predicted octanol–water partition coefficient (Wildman–Crippen LogP) is 2.52. The van der Waals surface area contributed by atoms with Crippen LogP contribution < -0.4 is 0 Å². The number of hydrogen-bond donors (Lipinski definition) is 0. The first-order valence-electron chi connectivity index (χ1n) is 5.42. The zero-order valence-corrected chi connectivity index (χ0v) is 10.7. The van der Waals surface area contributed by atoms with Gasteiger partial charge >= 0.3 is 0 Å². The van der Waals surface area contributed by atoms with E-state index in [1.54, 1.807) is 29.9 Å². The molecule has 0 atom stereocenters. The van der Waals surface area contributed by atoms with Crippen LogP contribution >= 0.6 is 11.3 Å². The summed E-state index contributed by atoms with van der Waals surface area (Å²) in [6.45, 7) is 3.35. The van der Waals surface area contributed by atoms with Crippen LogP contribution in [0.25, 0.3) is 20.7 Å². The van der Waals surface area contributed by atoms with Gasteiger partial charge in [-0.2, -0.15) is 9.78 Å². The number of fused-ring (bicyclic) bond motifs is 1. The molecule has 0 saturated carbocycles. The van der Waals surface area contributed by atoms with Gasteiger partial charge in [0.1, 0.15) is 5.82 Å². The quantitative estimate of drug-likeness (QED) is 0.673. The Labute approximate surface area is 107 Å². The van der Waals surface area contributed by atoms with Gasteiger partial charge in [0.25, 0.3) is 0 Å². The molecule has 3 aromatic heterocycles. The molecule has 3 rings (SSSR count). The van der Waals surface area contributed by atoms with Crippen molar-refractivity contribution in [2.75, 3.05) is 0 Å². The van der Waals surface area contributed by atoms with E-state index in [0.29, 0.717) is 0 Å². The topological polar surface area (TPSA) is 60.7 Å². The van der Waals surface area contributed by atoms with Crippen molar-refractivity contribution in [1.82, 2.24) is 19.7 Å². The van der Waals surface area contributed by atoms with Crippen molar-refractivity contribution in [1.29, 1.82) is 0 Å². The molecule has 6 heteroatoms. The fraction of sp³-hybridized carbons (Fsp3) is 0.167. The van der Waals surface area contributed by atoms with Crippen LogP contribution in [0.2, 0.25) is 0 Å². The van der Waals surface area contributed by atoms with Crippen molar-refractivity contribution in [3.8, 4) is 10.4 Å². The number of carbonyl (C=O) groups is 1. The number of hydrogen-bond acceptors (Lipinski definition) is 5. The molecule has 5 nitrogen and oxygen atoms in total. The van der Waals surface area contributed by atoms with Gasteiger partial charge in [-0.05, 0) is 13.0 Å². The van der Waals surface area contributed by atoms with Crippen LogP contribution in [0.4, 0.5) is 0 Å². The van der Waals surface area contributed by atoms with Crippen molar-refractivity contribution < 1.29 is 4.79 Å². The molecule has 3 heterocycles. The molecular formula is C12H10N4OS. The van der Waals surface area contributed by atoms with Gasteiger partial charge in [0.15, 0.2) is 0 Å². The molecule has 90 valence electrons. The zero-order chi connectivity index (χ0) is 12.7. The summed E-state index contributed by atoms with van der Waals surface area (Å²) in [4.78, 5) is 20.8. The van der Waals surface area contributed by atoms with E-state index in [4.69, 9.17) is 0 Å². The van der Waals surface area contributed by atoms with Gasteiger partial charge in [-0.15, -0.1) is 11.3 Å². The van der Waals surface area contributed by atoms with Crippen LogP contribution in [0.1, 0.15) is 17.5 Å². The number of aromatic nitrogens is 4. The molecule has 0 unspecified atom stereocenters. The van der Waals surface area contributed by atoms with Crippen LogP contribution in [0, 0.1) is 6.92 Å². The van der Waals surface area contributed by atoms with Gasteiger partial charge < -0.3 is 0 Å². The van der Waals surface area contributed by atoms with Crippen LogP contribution in [0.3, 0.4) is 0 Å². The third-order valence-electron chi connectivity index (χ3n) is 2.62. The van der Waals surface area contributed by atoms with Crippen LogP contribution in [0.5, 0.6) is 0 Å². The first-order chi connectivity index (χ1) is 8.65. The lowest BCUT2D eigenvalue weighted by atomic mass is 10.3. The van der Waals surface area contributed by atoms with E-state index < -0.39 is 0 Å². The fourth-order valence-electron chi connectivity index (χ4n) is 1.74.